The predicted octanol–water partition coefficient (Wildman–Crippen LogP) is 1.30. The van der Waals surface area contributed by atoms with Crippen LogP contribution in [0.5, 0.6) is 0 Å². The molecular formula is C15H22N4O3. The number of nitrogens with one attached hydrogen (secondary N) is 1. The lowest BCUT2D eigenvalue weighted by atomic mass is 9.86. The molecule has 1 aliphatic rings. The van der Waals surface area contributed by atoms with Crippen molar-refractivity contribution in [2.75, 3.05) is 5.73 Å². The molecule has 7 nitrogen and oxygen atoms in total. The van der Waals surface area contributed by atoms with Gasteiger partial charge in [-0.1, -0.05) is 19.8 Å². The van der Waals surface area contributed by atoms with Gasteiger partial charge in [0.1, 0.15) is 0 Å². The zero-order valence-electron chi connectivity index (χ0n) is 12.9. The maximum atomic E-state index is 12.2. The Labute approximate surface area is 129 Å². The first-order valence-electron chi connectivity index (χ1n) is 7.57. The van der Waals surface area contributed by atoms with Gasteiger partial charge in [-0.15, -0.1) is 0 Å². The average molecular weight is 306 g/mol. The van der Waals surface area contributed by atoms with Crippen LogP contribution in [-0.2, 0) is 9.53 Å². The second-order valence-electron chi connectivity index (χ2n) is 5.71. The number of nitrogens with zero attached hydrogens (tertiary/aromatic N) is 2. The van der Waals surface area contributed by atoms with Crippen molar-refractivity contribution in [3.63, 3.8) is 0 Å². The number of nitrogens with two attached hydrogens (primary N) is 1. The molecule has 1 saturated carbocycles. The molecule has 1 fully saturated rings. The van der Waals surface area contributed by atoms with Crippen LogP contribution >= 0.6 is 0 Å². The van der Waals surface area contributed by atoms with Crippen molar-refractivity contribution in [2.24, 2.45) is 5.92 Å². The summed E-state index contributed by atoms with van der Waals surface area (Å²) < 4.78 is 5.12. The van der Waals surface area contributed by atoms with Gasteiger partial charge in [0.15, 0.2) is 17.6 Å². The van der Waals surface area contributed by atoms with E-state index in [0.29, 0.717) is 5.92 Å². The molecule has 0 aliphatic heterocycles. The maximum Gasteiger partial charge on any atom is 0.361 e. The highest BCUT2D eigenvalue weighted by atomic mass is 16.5. The fraction of sp³-hybridized carbons (Fsp3) is 0.600. The first-order chi connectivity index (χ1) is 10.5. The van der Waals surface area contributed by atoms with Gasteiger partial charge in [0.05, 0.1) is 0 Å². The number of amides is 1. The average Bonchev–Trinajstić information content (AvgIpc) is 2.49. The number of nitrogen functional groups attached to an aromatic ring is 1. The summed E-state index contributed by atoms with van der Waals surface area (Å²) in [5.41, 5.74) is 5.49. The van der Waals surface area contributed by atoms with Crippen LogP contribution in [0.1, 0.15) is 50.0 Å². The van der Waals surface area contributed by atoms with Crippen molar-refractivity contribution >= 4 is 17.7 Å². The summed E-state index contributed by atoms with van der Waals surface area (Å²) in [5.74, 6) is -0.614. The first-order valence-corrected chi connectivity index (χ1v) is 7.57. The normalized spacial score (nSPS) is 22.6. The monoisotopic (exact) mass is 306 g/mol. The highest BCUT2D eigenvalue weighted by Gasteiger charge is 2.27. The van der Waals surface area contributed by atoms with Gasteiger partial charge in [0, 0.05) is 18.4 Å². The second-order valence-corrected chi connectivity index (χ2v) is 5.71. The van der Waals surface area contributed by atoms with Crippen LogP contribution in [-0.4, -0.2) is 34.0 Å². The van der Waals surface area contributed by atoms with E-state index < -0.39 is 12.1 Å². The Kier molecular flexibility index (Phi) is 5.30. The molecule has 120 valence electrons. The van der Waals surface area contributed by atoms with Crippen molar-refractivity contribution in [2.45, 2.75) is 51.7 Å². The number of aromatic nitrogens is 2. The standard InChI is InChI=1S/C15H22N4O3/c1-9-5-3-4-6-11(9)19-14(20)10(2)22-15(21)12-13(16)18-8-7-17-12/h7-11H,3-6H2,1-2H3,(H2,16,18)(H,19,20). The summed E-state index contributed by atoms with van der Waals surface area (Å²) in [6.45, 7) is 3.66. The van der Waals surface area contributed by atoms with Crippen molar-refractivity contribution in [1.82, 2.24) is 15.3 Å². The highest BCUT2D eigenvalue weighted by molar-refractivity contribution is 5.94. The third-order valence-corrected chi connectivity index (χ3v) is 4.01. The molecule has 3 N–H and O–H groups in total. The largest absolute Gasteiger partial charge is 0.448 e. The highest BCUT2D eigenvalue weighted by Crippen LogP contribution is 2.23. The Hall–Kier alpha value is -2.18. The lowest BCUT2D eigenvalue weighted by Gasteiger charge is -2.30. The molecule has 1 heterocycles. The van der Waals surface area contributed by atoms with Gasteiger partial charge >= 0.3 is 5.97 Å². The molecule has 0 spiro atoms. The first kappa shape index (κ1) is 16.2. The van der Waals surface area contributed by atoms with Crippen LogP contribution in [0.3, 0.4) is 0 Å². The molecule has 7 heteroatoms. The van der Waals surface area contributed by atoms with Crippen LogP contribution in [0.15, 0.2) is 12.4 Å². The van der Waals surface area contributed by atoms with E-state index in [1.165, 1.54) is 25.7 Å². The summed E-state index contributed by atoms with van der Waals surface area (Å²) in [7, 11) is 0. The molecule has 0 radical (unpaired) electrons. The Morgan fingerprint density at radius 3 is 2.68 bits per heavy atom. The molecular weight excluding hydrogens is 284 g/mol. The molecule has 2 rings (SSSR count). The van der Waals surface area contributed by atoms with Crippen LogP contribution in [0.2, 0.25) is 0 Å². The minimum atomic E-state index is -0.900. The molecule has 1 aliphatic carbocycles. The molecule has 0 saturated heterocycles. The van der Waals surface area contributed by atoms with Gasteiger partial charge in [0.2, 0.25) is 0 Å². The Morgan fingerprint density at radius 1 is 1.32 bits per heavy atom. The van der Waals surface area contributed by atoms with E-state index in [4.69, 9.17) is 10.5 Å². The van der Waals surface area contributed by atoms with Gasteiger partial charge in [-0.3, -0.25) is 4.79 Å². The van der Waals surface area contributed by atoms with Gasteiger partial charge in [-0.05, 0) is 25.7 Å². The molecule has 0 bridgehead atoms. The van der Waals surface area contributed by atoms with Crippen molar-refractivity contribution < 1.29 is 14.3 Å². The molecule has 1 amide bonds. The van der Waals surface area contributed by atoms with Gasteiger partial charge < -0.3 is 15.8 Å². The lowest BCUT2D eigenvalue weighted by Crippen LogP contribution is -2.46. The van der Waals surface area contributed by atoms with Gasteiger partial charge in [-0.25, -0.2) is 14.8 Å². The number of anilines is 1. The minimum absolute atomic E-state index is 0.0130. The van der Waals surface area contributed by atoms with E-state index in [1.807, 2.05) is 0 Å². The Morgan fingerprint density at radius 2 is 2.00 bits per heavy atom. The smallest absolute Gasteiger partial charge is 0.361 e. The van der Waals surface area contributed by atoms with Crippen LogP contribution in [0.25, 0.3) is 0 Å². The molecule has 1 aromatic rings. The van der Waals surface area contributed by atoms with E-state index in [-0.39, 0.29) is 23.5 Å². The zero-order chi connectivity index (χ0) is 16.1. The molecule has 3 unspecified atom stereocenters. The third kappa shape index (κ3) is 3.93. The number of carbonyl (C=O) groups is 2. The zero-order valence-corrected chi connectivity index (χ0v) is 12.9. The number of hydrogen-bond donors (Lipinski definition) is 2. The van der Waals surface area contributed by atoms with Crippen LogP contribution in [0.4, 0.5) is 5.82 Å². The van der Waals surface area contributed by atoms with E-state index in [0.717, 1.165) is 19.3 Å². The van der Waals surface area contributed by atoms with E-state index in [2.05, 4.69) is 22.2 Å². The lowest BCUT2D eigenvalue weighted by molar-refractivity contribution is -0.130. The predicted molar refractivity (Wildman–Crippen MR) is 80.9 cm³/mol. The quantitative estimate of drug-likeness (QED) is 0.812. The summed E-state index contributed by atoms with van der Waals surface area (Å²) in [5, 5.41) is 2.96. The molecule has 1 aromatic heterocycles. The van der Waals surface area contributed by atoms with Crippen molar-refractivity contribution in [3.05, 3.63) is 18.1 Å². The van der Waals surface area contributed by atoms with Gasteiger partial charge in [-0.2, -0.15) is 0 Å². The number of carbonyl (C=O) groups excluding carboxylic acids is 2. The summed E-state index contributed by atoms with van der Waals surface area (Å²) >= 11 is 0. The summed E-state index contributed by atoms with van der Waals surface area (Å²) in [4.78, 5) is 31.7. The van der Waals surface area contributed by atoms with Crippen LogP contribution < -0.4 is 11.1 Å². The SMILES string of the molecule is CC(OC(=O)c1nccnc1N)C(=O)NC1CCCCC1C. The Balaban J connectivity index is 1.91. The fourth-order valence-corrected chi connectivity index (χ4v) is 2.61. The third-order valence-electron chi connectivity index (χ3n) is 4.01. The molecule has 3 atom stereocenters. The maximum absolute atomic E-state index is 12.2. The number of hydrogen-bond acceptors (Lipinski definition) is 6. The topological polar surface area (TPSA) is 107 Å². The molecule has 22 heavy (non-hydrogen) atoms. The van der Waals surface area contributed by atoms with E-state index >= 15 is 0 Å². The number of rotatable bonds is 4. The fourth-order valence-electron chi connectivity index (χ4n) is 2.61. The molecule has 0 aromatic carbocycles. The summed E-state index contributed by atoms with van der Waals surface area (Å²) in [6, 6.07) is 0.143. The second kappa shape index (κ2) is 7.20. The van der Waals surface area contributed by atoms with Crippen molar-refractivity contribution in [1.29, 1.82) is 0 Å². The Bertz CT molecular complexity index is 549. The van der Waals surface area contributed by atoms with Crippen molar-refractivity contribution in [3.8, 4) is 0 Å². The van der Waals surface area contributed by atoms with Gasteiger partial charge in [0.25, 0.3) is 5.91 Å². The summed E-state index contributed by atoms with van der Waals surface area (Å²) in [6.07, 6.45) is 6.21. The minimum Gasteiger partial charge on any atom is -0.448 e. The van der Waals surface area contributed by atoms with E-state index in [1.54, 1.807) is 0 Å². The van der Waals surface area contributed by atoms with E-state index in [9.17, 15) is 9.59 Å². The van der Waals surface area contributed by atoms with Crippen LogP contribution in [0, 0.1) is 5.92 Å². The number of ether oxygens (including phenoxy) is 1. The number of esters is 1.